The van der Waals surface area contributed by atoms with Crippen molar-refractivity contribution in [1.29, 1.82) is 0 Å². The van der Waals surface area contributed by atoms with E-state index in [9.17, 15) is 9.59 Å². The summed E-state index contributed by atoms with van der Waals surface area (Å²) in [5.41, 5.74) is 1.05. The van der Waals surface area contributed by atoms with E-state index < -0.39 is 5.97 Å². The van der Waals surface area contributed by atoms with Crippen LogP contribution in [0.1, 0.15) is 23.0 Å². The first-order valence-electron chi connectivity index (χ1n) is 9.70. The fraction of sp³-hybridized carbons (Fsp3) is 0.174. The lowest BCUT2D eigenvalue weighted by Gasteiger charge is -2.25. The molecule has 2 aromatic carbocycles. The van der Waals surface area contributed by atoms with E-state index >= 15 is 0 Å². The number of carbonyl (C=O) groups excluding carboxylic acids is 1. The number of anilines is 1. The Kier molecular flexibility index (Phi) is 5.77. The Hall–Kier alpha value is -3.58. The predicted molar refractivity (Wildman–Crippen MR) is 119 cm³/mol. The summed E-state index contributed by atoms with van der Waals surface area (Å²) in [6.07, 6.45) is 1.60. The first kappa shape index (κ1) is 20.7. The van der Waals surface area contributed by atoms with Crippen LogP contribution in [-0.4, -0.2) is 29.2 Å². The van der Waals surface area contributed by atoms with Gasteiger partial charge < -0.3 is 14.1 Å². The number of fused-ring (bicyclic) bond motifs is 1. The van der Waals surface area contributed by atoms with Crippen molar-refractivity contribution in [3.05, 3.63) is 87.6 Å². The van der Waals surface area contributed by atoms with E-state index in [1.54, 1.807) is 48.7 Å². The molecule has 0 aliphatic heterocycles. The molecule has 2 heterocycles. The zero-order valence-electron chi connectivity index (χ0n) is 17.0. The number of rotatable bonds is 6. The van der Waals surface area contributed by atoms with Crippen molar-refractivity contribution in [3.8, 4) is 5.69 Å². The second-order valence-electron chi connectivity index (χ2n) is 6.85. The number of halogens is 1. The minimum atomic E-state index is -0.493. The fourth-order valence-electron chi connectivity index (χ4n) is 3.39. The molecule has 0 amide bonds. The summed E-state index contributed by atoms with van der Waals surface area (Å²) in [4.78, 5) is 32.2. The van der Waals surface area contributed by atoms with Gasteiger partial charge in [0.25, 0.3) is 5.56 Å². The normalized spacial score (nSPS) is 10.9. The van der Waals surface area contributed by atoms with Gasteiger partial charge in [0.1, 0.15) is 5.76 Å². The van der Waals surface area contributed by atoms with E-state index in [4.69, 9.17) is 25.7 Å². The molecule has 31 heavy (non-hydrogen) atoms. The number of nitrogens with zero attached hydrogens (tertiary/aromatic N) is 3. The summed E-state index contributed by atoms with van der Waals surface area (Å²) >= 11 is 6.20. The van der Waals surface area contributed by atoms with E-state index in [1.807, 2.05) is 24.0 Å². The largest absolute Gasteiger partial charge is 0.467 e. The fourth-order valence-corrected chi connectivity index (χ4v) is 3.58. The first-order chi connectivity index (χ1) is 15.0. The van der Waals surface area contributed by atoms with Crippen LogP contribution in [0.15, 0.2) is 70.1 Å². The molecule has 4 rings (SSSR count). The van der Waals surface area contributed by atoms with E-state index in [0.29, 0.717) is 46.2 Å². The highest BCUT2D eigenvalue weighted by atomic mass is 35.5. The predicted octanol–water partition coefficient (Wildman–Crippen LogP) is 4.45. The Morgan fingerprint density at radius 2 is 2.03 bits per heavy atom. The number of hydrogen-bond acceptors (Lipinski definition) is 6. The Balaban J connectivity index is 1.98. The SMILES string of the molecule is CCN(Cc1ccco1)c1nc2cc(C(=O)OC)ccc2c(=O)n1-c1cccc(Cl)c1. The highest BCUT2D eigenvalue weighted by Crippen LogP contribution is 2.24. The van der Waals surface area contributed by atoms with Crippen LogP contribution >= 0.6 is 11.6 Å². The Bertz CT molecular complexity index is 1300. The minimum absolute atomic E-state index is 0.267. The maximum absolute atomic E-state index is 13.5. The first-order valence-corrected chi connectivity index (χ1v) is 10.1. The smallest absolute Gasteiger partial charge is 0.337 e. The van der Waals surface area contributed by atoms with Gasteiger partial charge in [-0.3, -0.25) is 4.79 Å². The van der Waals surface area contributed by atoms with Crippen LogP contribution in [0, 0.1) is 0 Å². The summed E-state index contributed by atoms with van der Waals surface area (Å²) < 4.78 is 11.8. The lowest BCUT2D eigenvalue weighted by molar-refractivity contribution is 0.0601. The number of benzene rings is 2. The van der Waals surface area contributed by atoms with Crippen LogP contribution in [0.5, 0.6) is 0 Å². The van der Waals surface area contributed by atoms with E-state index in [2.05, 4.69) is 0 Å². The van der Waals surface area contributed by atoms with Gasteiger partial charge >= 0.3 is 5.97 Å². The molecule has 0 unspecified atom stereocenters. The topological polar surface area (TPSA) is 77.6 Å². The average Bonchev–Trinajstić information content (AvgIpc) is 3.29. The van der Waals surface area contributed by atoms with Gasteiger partial charge in [-0.25, -0.2) is 14.3 Å². The molecule has 0 radical (unpaired) electrons. The van der Waals surface area contributed by atoms with E-state index in [1.165, 1.54) is 11.7 Å². The van der Waals surface area contributed by atoms with Crippen molar-refractivity contribution in [3.63, 3.8) is 0 Å². The monoisotopic (exact) mass is 437 g/mol. The van der Waals surface area contributed by atoms with Crippen molar-refractivity contribution in [2.24, 2.45) is 0 Å². The van der Waals surface area contributed by atoms with Gasteiger partial charge in [-0.2, -0.15) is 0 Å². The Labute approximate surface area is 183 Å². The zero-order valence-corrected chi connectivity index (χ0v) is 17.8. The summed E-state index contributed by atoms with van der Waals surface area (Å²) in [7, 11) is 1.31. The molecule has 4 aromatic rings. The number of furan rings is 1. The van der Waals surface area contributed by atoms with Crippen molar-refractivity contribution in [2.45, 2.75) is 13.5 Å². The van der Waals surface area contributed by atoms with Gasteiger partial charge in [0.2, 0.25) is 5.95 Å². The summed E-state index contributed by atoms with van der Waals surface area (Å²) in [5, 5.41) is 0.885. The van der Waals surface area contributed by atoms with Crippen molar-refractivity contribution < 1.29 is 13.9 Å². The summed E-state index contributed by atoms with van der Waals surface area (Å²) in [6, 6.07) is 15.4. The highest BCUT2D eigenvalue weighted by molar-refractivity contribution is 6.30. The Morgan fingerprint density at radius 1 is 1.19 bits per heavy atom. The quantitative estimate of drug-likeness (QED) is 0.415. The molecule has 7 nitrogen and oxygen atoms in total. The van der Waals surface area contributed by atoms with Crippen molar-refractivity contribution in [2.75, 3.05) is 18.6 Å². The maximum Gasteiger partial charge on any atom is 0.337 e. The molecule has 2 aromatic heterocycles. The minimum Gasteiger partial charge on any atom is -0.467 e. The van der Waals surface area contributed by atoms with Crippen molar-refractivity contribution in [1.82, 2.24) is 9.55 Å². The lowest BCUT2D eigenvalue weighted by atomic mass is 10.1. The van der Waals surface area contributed by atoms with Gasteiger partial charge in [-0.05, 0) is 55.5 Å². The molecule has 8 heteroatoms. The summed E-state index contributed by atoms with van der Waals surface area (Å²) in [5.74, 6) is 0.657. The van der Waals surface area contributed by atoms with Gasteiger partial charge in [0.05, 0.1) is 42.1 Å². The molecule has 0 atom stereocenters. The van der Waals surface area contributed by atoms with Gasteiger partial charge in [0, 0.05) is 11.6 Å². The zero-order chi connectivity index (χ0) is 22.0. The molecular formula is C23H20ClN3O4. The van der Waals surface area contributed by atoms with E-state index in [-0.39, 0.29) is 5.56 Å². The van der Waals surface area contributed by atoms with Crippen LogP contribution in [0.3, 0.4) is 0 Å². The van der Waals surface area contributed by atoms with Crippen LogP contribution in [0.2, 0.25) is 5.02 Å². The highest BCUT2D eigenvalue weighted by Gasteiger charge is 2.20. The van der Waals surface area contributed by atoms with Gasteiger partial charge in [-0.15, -0.1) is 0 Å². The molecule has 0 saturated heterocycles. The average molecular weight is 438 g/mol. The third-order valence-corrected chi connectivity index (χ3v) is 5.17. The number of hydrogen-bond donors (Lipinski definition) is 0. The molecule has 0 N–H and O–H groups in total. The number of carbonyl (C=O) groups is 1. The number of ether oxygens (including phenoxy) is 1. The third-order valence-electron chi connectivity index (χ3n) is 4.93. The summed E-state index contributed by atoms with van der Waals surface area (Å²) in [6.45, 7) is 2.95. The molecule has 0 saturated carbocycles. The van der Waals surface area contributed by atoms with Crippen LogP contribution in [0.4, 0.5) is 5.95 Å². The van der Waals surface area contributed by atoms with Crippen molar-refractivity contribution >= 4 is 34.4 Å². The van der Waals surface area contributed by atoms with Crippen LogP contribution < -0.4 is 10.5 Å². The standard InChI is InChI=1S/C23H20ClN3O4/c1-3-26(14-18-8-5-11-31-18)23-25-20-12-15(22(29)30-2)9-10-19(20)21(28)27(23)17-7-4-6-16(24)13-17/h4-13H,3,14H2,1-2H3. The molecular weight excluding hydrogens is 418 g/mol. The molecule has 158 valence electrons. The number of methoxy groups -OCH3 is 1. The molecule has 0 spiro atoms. The second-order valence-corrected chi connectivity index (χ2v) is 7.29. The molecule has 0 aliphatic rings. The third kappa shape index (κ3) is 4.04. The van der Waals surface area contributed by atoms with Gasteiger partial charge in [0.15, 0.2) is 0 Å². The molecule has 0 bridgehead atoms. The van der Waals surface area contributed by atoms with Crippen LogP contribution in [0.25, 0.3) is 16.6 Å². The maximum atomic E-state index is 13.5. The number of aromatic nitrogens is 2. The van der Waals surface area contributed by atoms with Crippen LogP contribution in [-0.2, 0) is 11.3 Å². The van der Waals surface area contributed by atoms with E-state index in [0.717, 1.165) is 5.76 Å². The van der Waals surface area contributed by atoms with Gasteiger partial charge in [-0.1, -0.05) is 17.7 Å². The lowest BCUT2D eigenvalue weighted by Crippen LogP contribution is -2.32. The molecule has 0 aliphatic carbocycles. The molecule has 0 fully saturated rings. The Morgan fingerprint density at radius 3 is 2.71 bits per heavy atom. The second kappa shape index (κ2) is 8.65. The number of esters is 1.